The average Bonchev–Trinajstić information content (AvgIpc) is 2.95. The van der Waals surface area contributed by atoms with Crippen LogP contribution in [-0.4, -0.2) is 54.0 Å². The number of nitrogens with zero attached hydrogens (tertiary/aromatic N) is 2. The van der Waals surface area contributed by atoms with Crippen LogP contribution < -0.4 is 4.90 Å². The lowest BCUT2D eigenvalue weighted by Crippen LogP contribution is -2.49. The molecule has 1 saturated heterocycles. The molecule has 2 aromatic rings. The van der Waals surface area contributed by atoms with Crippen molar-refractivity contribution in [3.8, 4) is 0 Å². The monoisotopic (exact) mass is 403 g/mol. The van der Waals surface area contributed by atoms with E-state index in [1.807, 2.05) is 29.2 Å². The second-order valence-electron chi connectivity index (χ2n) is 7.34. The number of amides is 1. The maximum atomic E-state index is 13.0. The minimum atomic E-state index is -0.397. The first-order chi connectivity index (χ1) is 13.3. The van der Waals surface area contributed by atoms with Gasteiger partial charge in [-0.15, -0.1) is 0 Å². The highest BCUT2D eigenvalue weighted by Crippen LogP contribution is 2.24. The summed E-state index contributed by atoms with van der Waals surface area (Å²) in [6, 6.07) is 7.74. The maximum absolute atomic E-state index is 13.0. The van der Waals surface area contributed by atoms with Gasteiger partial charge in [0.25, 0.3) is 5.91 Å². The first kappa shape index (κ1) is 20.3. The number of benzene rings is 1. The number of rotatable bonds is 4. The molecule has 0 radical (unpaired) electrons. The molecule has 150 valence electrons. The van der Waals surface area contributed by atoms with Crippen molar-refractivity contribution in [2.45, 2.75) is 33.8 Å². The summed E-state index contributed by atoms with van der Waals surface area (Å²) in [6.45, 7) is 9.86. The molecule has 1 amide bonds. The van der Waals surface area contributed by atoms with Crippen LogP contribution in [0.3, 0.4) is 0 Å². The smallest absolute Gasteiger partial charge is 0.340 e. The van der Waals surface area contributed by atoms with E-state index >= 15 is 0 Å². The summed E-state index contributed by atoms with van der Waals surface area (Å²) in [5.74, 6) is -0.485. The Morgan fingerprint density at radius 1 is 1.14 bits per heavy atom. The standard InChI is InChI=1S/C21H26ClN3O3/c1-13(2)28-21(27)18-14(3)19(23-15(18)4)20(26)25-10-8-24(9-11-25)17-7-5-6-16(22)12-17/h5-7,12-13,23H,8-11H2,1-4H3. The van der Waals surface area contributed by atoms with Crippen molar-refractivity contribution < 1.29 is 14.3 Å². The Labute approximate surface area is 170 Å². The Kier molecular flexibility index (Phi) is 5.98. The van der Waals surface area contributed by atoms with E-state index in [1.54, 1.807) is 27.7 Å². The number of ether oxygens (including phenoxy) is 1. The fraction of sp³-hybridized carbons (Fsp3) is 0.429. The van der Waals surface area contributed by atoms with Crippen molar-refractivity contribution in [1.29, 1.82) is 0 Å². The van der Waals surface area contributed by atoms with Crippen LogP contribution in [0.1, 0.15) is 46.0 Å². The molecule has 28 heavy (non-hydrogen) atoms. The SMILES string of the molecule is Cc1[nH]c(C(=O)N2CCN(c3cccc(Cl)c3)CC2)c(C)c1C(=O)OC(C)C. The number of aromatic nitrogens is 1. The Bertz CT molecular complexity index is 883. The van der Waals surface area contributed by atoms with Crippen molar-refractivity contribution in [1.82, 2.24) is 9.88 Å². The number of piperazine rings is 1. The number of hydrogen-bond acceptors (Lipinski definition) is 4. The number of esters is 1. The van der Waals surface area contributed by atoms with Crippen LogP contribution in [0, 0.1) is 13.8 Å². The lowest BCUT2D eigenvalue weighted by molar-refractivity contribution is 0.0376. The minimum Gasteiger partial charge on any atom is -0.459 e. The molecule has 0 bridgehead atoms. The Balaban J connectivity index is 1.71. The van der Waals surface area contributed by atoms with E-state index < -0.39 is 5.97 Å². The molecule has 1 fully saturated rings. The van der Waals surface area contributed by atoms with Gasteiger partial charge in [0.1, 0.15) is 5.69 Å². The second-order valence-corrected chi connectivity index (χ2v) is 7.77. The van der Waals surface area contributed by atoms with Crippen molar-refractivity contribution in [3.05, 3.63) is 51.8 Å². The lowest BCUT2D eigenvalue weighted by Gasteiger charge is -2.36. The minimum absolute atomic E-state index is 0.0880. The van der Waals surface area contributed by atoms with Gasteiger partial charge < -0.3 is 19.5 Å². The number of anilines is 1. The normalized spacial score (nSPS) is 14.5. The molecule has 3 rings (SSSR count). The van der Waals surface area contributed by atoms with Gasteiger partial charge in [0.05, 0.1) is 11.7 Å². The fourth-order valence-corrected chi connectivity index (χ4v) is 3.73. The highest BCUT2D eigenvalue weighted by Gasteiger charge is 2.28. The van der Waals surface area contributed by atoms with Crippen LogP contribution in [0.4, 0.5) is 5.69 Å². The molecule has 0 saturated carbocycles. The molecule has 2 heterocycles. The third-order valence-electron chi connectivity index (χ3n) is 4.94. The number of H-pyrrole nitrogens is 1. The molecule has 1 aliphatic rings. The van der Waals surface area contributed by atoms with E-state index in [9.17, 15) is 9.59 Å². The summed E-state index contributed by atoms with van der Waals surface area (Å²) in [5, 5.41) is 0.703. The largest absolute Gasteiger partial charge is 0.459 e. The molecule has 1 N–H and O–H groups in total. The third-order valence-corrected chi connectivity index (χ3v) is 5.17. The summed E-state index contributed by atoms with van der Waals surface area (Å²) in [6.07, 6.45) is -0.208. The van der Waals surface area contributed by atoms with Crippen molar-refractivity contribution >= 4 is 29.2 Å². The van der Waals surface area contributed by atoms with Crippen molar-refractivity contribution in [2.75, 3.05) is 31.1 Å². The molecule has 0 unspecified atom stereocenters. The third kappa shape index (κ3) is 4.17. The molecule has 1 aromatic heterocycles. The van der Waals surface area contributed by atoms with E-state index in [0.29, 0.717) is 40.6 Å². The number of nitrogens with one attached hydrogen (secondary N) is 1. The van der Waals surface area contributed by atoms with Crippen molar-refractivity contribution in [3.63, 3.8) is 0 Å². The van der Waals surface area contributed by atoms with E-state index in [1.165, 1.54) is 0 Å². The van der Waals surface area contributed by atoms with Gasteiger partial charge in [0.15, 0.2) is 0 Å². The lowest BCUT2D eigenvalue weighted by atomic mass is 10.1. The van der Waals surface area contributed by atoms with Gasteiger partial charge in [0, 0.05) is 42.6 Å². The molecule has 7 heteroatoms. The van der Waals surface area contributed by atoms with Crippen LogP contribution >= 0.6 is 11.6 Å². The van der Waals surface area contributed by atoms with Gasteiger partial charge in [-0.05, 0) is 51.5 Å². The quantitative estimate of drug-likeness (QED) is 0.788. The highest BCUT2D eigenvalue weighted by atomic mass is 35.5. The zero-order valence-electron chi connectivity index (χ0n) is 16.7. The molecule has 0 aliphatic carbocycles. The first-order valence-electron chi connectivity index (χ1n) is 9.48. The van der Waals surface area contributed by atoms with Gasteiger partial charge in [-0.3, -0.25) is 4.79 Å². The van der Waals surface area contributed by atoms with Crippen LogP contribution in [0.25, 0.3) is 0 Å². The molecular formula is C21H26ClN3O3. The van der Waals surface area contributed by atoms with Gasteiger partial charge in [-0.1, -0.05) is 17.7 Å². The number of carbonyl (C=O) groups excluding carboxylic acids is 2. The molecule has 0 atom stereocenters. The molecular weight excluding hydrogens is 378 g/mol. The summed E-state index contributed by atoms with van der Waals surface area (Å²) in [4.78, 5) is 32.5. The van der Waals surface area contributed by atoms with Gasteiger partial charge in [0.2, 0.25) is 0 Å². The molecule has 1 aliphatic heterocycles. The van der Waals surface area contributed by atoms with Crippen LogP contribution in [0.5, 0.6) is 0 Å². The Morgan fingerprint density at radius 3 is 2.43 bits per heavy atom. The topological polar surface area (TPSA) is 65.6 Å². The summed E-state index contributed by atoms with van der Waals surface area (Å²) in [7, 11) is 0. The van der Waals surface area contributed by atoms with Gasteiger partial charge in [-0.25, -0.2) is 4.79 Å². The molecule has 6 nitrogen and oxygen atoms in total. The first-order valence-corrected chi connectivity index (χ1v) is 9.85. The molecule has 0 spiro atoms. The van der Waals surface area contributed by atoms with Gasteiger partial charge >= 0.3 is 5.97 Å². The average molecular weight is 404 g/mol. The highest BCUT2D eigenvalue weighted by molar-refractivity contribution is 6.30. The van der Waals surface area contributed by atoms with Crippen molar-refractivity contribution in [2.24, 2.45) is 0 Å². The Hall–Kier alpha value is -2.47. The molecule has 1 aromatic carbocycles. The second kappa shape index (κ2) is 8.27. The zero-order chi connectivity index (χ0) is 20.4. The summed E-state index contributed by atoms with van der Waals surface area (Å²) < 4.78 is 5.31. The van der Waals surface area contributed by atoms with Crippen LogP contribution in [0.2, 0.25) is 5.02 Å². The number of halogens is 1. The summed E-state index contributed by atoms with van der Waals surface area (Å²) >= 11 is 6.08. The number of hydrogen-bond donors (Lipinski definition) is 1. The van der Waals surface area contributed by atoms with Crippen LogP contribution in [-0.2, 0) is 4.74 Å². The predicted molar refractivity (Wildman–Crippen MR) is 110 cm³/mol. The van der Waals surface area contributed by atoms with E-state index in [0.717, 1.165) is 18.8 Å². The Morgan fingerprint density at radius 2 is 1.82 bits per heavy atom. The fourth-order valence-electron chi connectivity index (χ4n) is 3.54. The number of aryl methyl sites for hydroxylation is 1. The van der Waals surface area contributed by atoms with E-state index in [-0.39, 0.29) is 12.0 Å². The zero-order valence-corrected chi connectivity index (χ0v) is 17.5. The number of aromatic amines is 1. The van der Waals surface area contributed by atoms with E-state index in [2.05, 4.69) is 9.88 Å². The van der Waals surface area contributed by atoms with Crippen LogP contribution in [0.15, 0.2) is 24.3 Å². The maximum Gasteiger partial charge on any atom is 0.340 e. The van der Waals surface area contributed by atoms with Gasteiger partial charge in [-0.2, -0.15) is 0 Å². The predicted octanol–water partition coefficient (Wildman–Crippen LogP) is 3.81. The van der Waals surface area contributed by atoms with E-state index in [4.69, 9.17) is 16.3 Å². The number of carbonyl (C=O) groups is 2. The summed E-state index contributed by atoms with van der Waals surface area (Å²) in [5.41, 5.74) is 3.28.